The van der Waals surface area contributed by atoms with Crippen molar-refractivity contribution in [3.63, 3.8) is 0 Å². The van der Waals surface area contributed by atoms with Gasteiger partial charge in [-0.3, -0.25) is 9.59 Å². The summed E-state index contributed by atoms with van der Waals surface area (Å²) in [5, 5.41) is 5.15. The number of aryl methyl sites for hydroxylation is 1. The first-order valence-electron chi connectivity index (χ1n) is 7.37. The van der Waals surface area contributed by atoms with Gasteiger partial charge in [-0.15, -0.1) is 0 Å². The van der Waals surface area contributed by atoms with Crippen molar-refractivity contribution in [2.24, 2.45) is 0 Å². The maximum atomic E-state index is 12.1. The summed E-state index contributed by atoms with van der Waals surface area (Å²) in [5.41, 5.74) is 3.01. The van der Waals surface area contributed by atoms with Crippen LogP contribution in [0, 0.1) is 13.8 Å². The number of amides is 2. The normalized spacial score (nSPS) is 10.0. The van der Waals surface area contributed by atoms with Crippen LogP contribution < -0.4 is 20.1 Å². The van der Waals surface area contributed by atoms with Crippen molar-refractivity contribution in [3.05, 3.63) is 47.5 Å². The summed E-state index contributed by atoms with van der Waals surface area (Å²) in [6.45, 7) is 3.83. The molecule has 2 rings (SSSR count). The summed E-state index contributed by atoms with van der Waals surface area (Å²) >= 11 is 0. The van der Waals surface area contributed by atoms with Crippen molar-refractivity contribution in [1.29, 1.82) is 0 Å². The Morgan fingerprint density at radius 1 is 0.875 bits per heavy atom. The van der Waals surface area contributed by atoms with Crippen LogP contribution in [0.25, 0.3) is 0 Å². The van der Waals surface area contributed by atoms with Crippen molar-refractivity contribution in [1.82, 2.24) is 0 Å². The number of benzene rings is 2. The molecule has 0 saturated carbocycles. The fraction of sp³-hybridized carbons (Fsp3) is 0.222. The topological polar surface area (TPSA) is 76.7 Å². The lowest BCUT2D eigenvalue weighted by Gasteiger charge is -2.12. The van der Waals surface area contributed by atoms with Crippen LogP contribution in [0.2, 0.25) is 0 Å². The Bertz CT molecular complexity index is 772. The molecule has 0 unspecified atom stereocenters. The molecule has 6 nitrogen and oxygen atoms in total. The van der Waals surface area contributed by atoms with Gasteiger partial charge in [-0.05, 0) is 43.2 Å². The Labute approximate surface area is 140 Å². The van der Waals surface area contributed by atoms with Crippen LogP contribution in [0.3, 0.4) is 0 Å². The van der Waals surface area contributed by atoms with Gasteiger partial charge in [0.2, 0.25) is 0 Å². The van der Waals surface area contributed by atoms with E-state index >= 15 is 0 Å². The molecule has 0 saturated heterocycles. The molecule has 6 heteroatoms. The maximum absolute atomic E-state index is 12.1. The van der Waals surface area contributed by atoms with E-state index in [1.807, 2.05) is 26.0 Å². The predicted molar refractivity (Wildman–Crippen MR) is 92.7 cm³/mol. The highest BCUT2D eigenvalue weighted by atomic mass is 16.5. The van der Waals surface area contributed by atoms with Gasteiger partial charge >= 0.3 is 11.8 Å². The molecule has 0 aliphatic rings. The zero-order valence-electron chi connectivity index (χ0n) is 14.1. The summed E-state index contributed by atoms with van der Waals surface area (Å²) in [6.07, 6.45) is 0. The van der Waals surface area contributed by atoms with E-state index in [0.717, 1.165) is 11.1 Å². The molecule has 0 aliphatic carbocycles. The van der Waals surface area contributed by atoms with Crippen molar-refractivity contribution >= 4 is 23.2 Å². The first-order valence-corrected chi connectivity index (χ1v) is 7.37. The van der Waals surface area contributed by atoms with Gasteiger partial charge in [-0.25, -0.2) is 0 Å². The maximum Gasteiger partial charge on any atom is 0.314 e. The summed E-state index contributed by atoms with van der Waals surface area (Å²) in [4.78, 5) is 24.2. The largest absolute Gasteiger partial charge is 0.493 e. The van der Waals surface area contributed by atoms with Crippen LogP contribution in [-0.4, -0.2) is 26.0 Å². The molecule has 0 atom stereocenters. The number of rotatable bonds is 4. The molecular formula is C18H20N2O4. The Morgan fingerprint density at radius 2 is 1.54 bits per heavy atom. The number of carbonyl (C=O) groups excluding carboxylic acids is 2. The van der Waals surface area contributed by atoms with E-state index in [2.05, 4.69) is 10.6 Å². The van der Waals surface area contributed by atoms with E-state index in [-0.39, 0.29) is 0 Å². The van der Waals surface area contributed by atoms with E-state index in [9.17, 15) is 9.59 Å². The minimum absolute atomic E-state index is 0.439. The summed E-state index contributed by atoms with van der Waals surface area (Å²) in [5.74, 6) is -0.498. The lowest BCUT2D eigenvalue weighted by Crippen LogP contribution is -2.29. The third-order valence-corrected chi connectivity index (χ3v) is 3.70. The zero-order chi connectivity index (χ0) is 17.7. The second kappa shape index (κ2) is 7.50. The van der Waals surface area contributed by atoms with Crippen LogP contribution in [0.1, 0.15) is 11.1 Å². The fourth-order valence-corrected chi connectivity index (χ4v) is 2.17. The van der Waals surface area contributed by atoms with E-state index in [4.69, 9.17) is 9.47 Å². The Kier molecular flexibility index (Phi) is 5.42. The standard InChI is InChI=1S/C18H20N2O4/c1-11-6-5-7-14(12(11)2)20-18(22)17(21)19-13-8-9-15(23-3)16(10-13)24-4/h5-10H,1-4H3,(H,19,21)(H,20,22). The Hall–Kier alpha value is -3.02. The lowest BCUT2D eigenvalue weighted by molar-refractivity contribution is -0.133. The SMILES string of the molecule is COc1ccc(NC(=O)C(=O)Nc2cccc(C)c2C)cc1OC. The highest BCUT2D eigenvalue weighted by molar-refractivity contribution is 6.43. The van der Waals surface area contributed by atoms with Gasteiger partial charge in [0, 0.05) is 17.4 Å². The molecule has 24 heavy (non-hydrogen) atoms. The molecule has 0 spiro atoms. The van der Waals surface area contributed by atoms with Gasteiger partial charge in [0.25, 0.3) is 0 Å². The molecule has 2 aromatic carbocycles. The summed E-state index contributed by atoms with van der Waals surface area (Å²) < 4.78 is 10.3. The Balaban J connectivity index is 2.09. The number of ether oxygens (including phenoxy) is 2. The molecule has 2 amide bonds. The molecule has 0 aliphatic heterocycles. The van der Waals surface area contributed by atoms with E-state index in [1.165, 1.54) is 14.2 Å². The smallest absolute Gasteiger partial charge is 0.314 e. The molecule has 0 heterocycles. The van der Waals surface area contributed by atoms with Crippen molar-refractivity contribution < 1.29 is 19.1 Å². The molecular weight excluding hydrogens is 308 g/mol. The first-order chi connectivity index (χ1) is 11.5. The van der Waals surface area contributed by atoms with Crippen molar-refractivity contribution in [3.8, 4) is 11.5 Å². The molecule has 0 aromatic heterocycles. The van der Waals surface area contributed by atoms with Crippen LogP contribution in [0.5, 0.6) is 11.5 Å². The van der Waals surface area contributed by atoms with E-state index in [1.54, 1.807) is 24.3 Å². The highest BCUT2D eigenvalue weighted by Crippen LogP contribution is 2.29. The molecule has 0 fully saturated rings. The average molecular weight is 328 g/mol. The fourth-order valence-electron chi connectivity index (χ4n) is 2.17. The summed E-state index contributed by atoms with van der Waals surface area (Å²) in [6, 6.07) is 10.4. The number of carbonyl (C=O) groups is 2. The number of hydrogen-bond acceptors (Lipinski definition) is 4. The predicted octanol–water partition coefficient (Wildman–Crippen LogP) is 2.90. The number of methoxy groups -OCH3 is 2. The molecule has 0 bridgehead atoms. The highest BCUT2D eigenvalue weighted by Gasteiger charge is 2.16. The van der Waals surface area contributed by atoms with Crippen molar-refractivity contribution in [2.45, 2.75) is 13.8 Å². The molecule has 0 radical (unpaired) electrons. The third-order valence-electron chi connectivity index (χ3n) is 3.70. The van der Waals surface area contributed by atoms with Crippen LogP contribution in [0.15, 0.2) is 36.4 Å². The van der Waals surface area contributed by atoms with Gasteiger partial charge in [0.1, 0.15) is 0 Å². The van der Waals surface area contributed by atoms with Gasteiger partial charge in [0.05, 0.1) is 14.2 Å². The van der Waals surface area contributed by atoms with Gasteiger partial charge in [-0.2, -0.15) is 0 Å². The third kappa shape index (κ3) is 3.84. The van der Waals surface area contributed by atoms with Crippen molar-refractivity contribution in [2.75, 3.05) is 24.9 Å². The van der Waals surface area contributed by atoms with Gasteiger partial charge < -0.3 is 20.1 Å². The second-order valence-corrected chi connectivity index (χ2v) is 5.23. The number of hydrogen-bond donors (Lipinski definition) is 2. The van der Waals surface area contributed by atoms with Gasteiger partial charge in [0.15, 0.2) is 11.5 Å². The second-order valence-electron chi connectivity index (χ2n) is 5.23. The van der Waals surface area contributed by atoms with Crippen LogP contribution >= 0.6 is 0 Å². The lowest BCUT2D eigenvalue weighted by atomic mass is 10.1. The molecule has 2 aromatic rings. The minimum Gasteiger partial charge on any atom is -0.493 e. The monoisotopic (exact) mass is 328 g/mol. The van der Waals surface area contributed by atoms with E-state index < -0.39 is 11.8 Å². The van der Waals surface area contributed by atoms with Crippen LogP contribution in [-0.2, 0) is 9.59 Å². The Morgan fingerprint density at radius 3 is 2.21 bits per heavy atom. The summed E-state index contributed by atoms with van der Waals surface area (Å²) in [7, 11) is 3.02. The zero-order valence-corrected chi connectivity index (χ0v) is 14.1. The average Bonchev–Trinajstić information content (AvgIpc) is 2.58. The quantitative estimate of drug-likeness (QED) is 0.846. The molecule has 126 valence electrons. The van der Waals surface area contributed by atoms with Gasteiger partial charge in [-0.1, -0.05) is 12.1 Å². The molecule has 2 N–H and O–H groups in total. The number of anilines is 2. The van der Waals surface area contributed by atoms with Crippen LogP contribution in [0.4, 0.5) is 11.4 Å². The number of nitrogens with one attached hydrogen (secondary N) is 2. The van der Waals surface area contributed by atoms with E-state index in [0.29, 0.717) is 22.9 Å². The minimum atomic E-state index is -0.761. The first kappa shape index (κ1) is 17.3.